The number of nitrogens with zero attached hydrogens (tertiary/aromatic N) is 2. The summed E-state index contributed by atoms with van der Waals surface area (Å²) < 4.78 is 6.36. The normalized spacial score (nSPS) is 29.6. The number of amides is 1. The summed E-state index contributed by atoms with van der Waals surface area (Å²) in [7, 11) is 0. The lowest BCUT2D eigenvalue weighted by molar-refractivity contribution is -0.202. The smallest absolute Gasteiger partial charge is 0.316 e. The van der Waals surface area contributed by atoms with E-state index in [2.05, 4.69) is 4.98 Å². The van der Waals surface area contributed by atoms with Gasteiger partial charge in [-0.2, -0.15) is 4.48 Å². The number of halogens is 2. The van der Waals surface area contributed by atoms with Crippen LogP contribution in [0.25, 0.3) is 0 Å². The average Bonchev–Trinajstić information content (AvgIpc) is 3.31. The molecule has 6 rings (SSSR count). The van der Waals surface area contributed by atoms with Crippen molar-refractivity contribution in [1.29, 1.82) is 0 Å². The summed E-state index contributed by atoms with van der Waals surface area (Å²) in [6.07, 6.45) is 3.57. The molecule has 0 N–H and O–H groups in total. The Kier molecular flexibility index (Phi) is 2.91. The summed E-state index contributed by atoms with van der Waals surface area (Å²) in [5, 5.41) is 0.843. The number of β-lactam (4-membered cyclic amide) rings is 1. The van der Waals surface area contributed by atoms with Gasteiger partial charge in [0.25, 0.3) is 5.72 Å². The maximum atomic E-state index is 13.6. The number of rotatable bonds is 1. The highest BCUT2D eigenvalue weighted by Gasteiger charge is 2.87. The first-order valence-electron chi connectivity index (χ1n) is 8.69. The number of carbonyl (C=O) groups excluding carboxylic acids is 1. The number of carbonyl (C=O) groups is 1. The number of aromatic nitrogens is 1. The van der Waals surface area contributed by atoms with Gasteiger partial charge in [0.2, 0.25) is 0 Å². The lowest BCUT2D eigenvalue weighted by atomic mass is 9.77. The molecule has 3 aliphatic rings. The molecule has 3 aromatic rings. The molecule has 1 aromatic heterocycles. The number of ether oxygens (including phenoxy) is 1. The summed E-state index contributed by atoms with van der Waals surface area (Å²) in [5.41, 5.74) is 3.55. The number of quaternary nitrogens is 1. The Balaban J connectivity index is 1.77. The lowest BCUT2D eigenvalue weighted by Gasteiger charge is -2.52. The highest BCUT2D eigenvalue weighted by Crippen LogP contribution is 2.75. The van der Waals surface area contributed by atoms with Crippen LogP contribution in [0.15, 0.2) is 60.9 Å². The van der Waals surface area contributed by atoms with E-state index in [0.29, 0.717) is 16.7 Å². The third-order valence-electron chi connectivity index (χ3n) is 6.10. The fourth-order valence-electron chi connectivity index (χ4n) is 5.15. The maximum Gasteiger partial charge on any atom is 0.344 e. The molecule has 2 aromatic carbocycles. The minimum atomic E-state index is -0.876. The van der Waals surface area contributed by atoms with Gasteiger partial charge in [0.05, 0.1) is 17.2 Å². The predicted molar refractivity (Wildman–Crippen MR) is 103 cm³/mol. The molecule has 27 heavy (non-hydrogen) atoms. The van der Waals surface area contributed by atoms with Crippen LogP contribution in [0.3, 0.4) is 0 Å². The Hall–Kier alpha value is -2.24. The fourth-order valence-corrected chi connectivity index (χ4v) is 5.61. The quantitative estimate of drug-likeness (QED) is 0.427. The minimum Gasteiger partial charge on any atom is -0.316 e. The first-order valence-corrected chi connectivity index (χ1v) is 9.44. The van der Waals surface area contributed by atoms with Crippen LogP contribution in [-0.4, -0.2) is 10.9 Å². The first kappa shape index (κ1) is 15.8. The van der Waals surface area contributed by atoms with E-state index in [4.69, 9.17) is 27.9 Å². The number of pyridine rings is 1. The van der Waals surface area contributed by atoms with Crippen LogP contribution in [0.1, 0.15) is 22.6 Å². The number of hydrogen-bond acceptors (Lipinski definition) is 3. The van der Waals surface area contributed by atoms with Crippen molar-refractivity contribution < 1.29 is 9.53 Å². The van der Waals surface area contributed by atoms with E-state index in [1.165, 1.54) is 0 Å². The fraction of sp³-hybridized carbons (Fsp3) is 0.143. The van der Waals surface area contributed by atoms with Crippen molar-refractivity contribution in [2.45, 2.75) is 18.2 Å². The van der Waals surface area contributed by atoms with Crippen LogP contribution in [-0.2, 0) is 21.9 Å². The molecule has 0 saturated carbocycles. The van der Waals surface area contributed by atoms with Crippen molar-refractivity contribution in [2.75, 3.05) is 0 Å². The lowest BCUT2D eigenvalue weighted by Crippen LogP contribution is -2.74. The second-order valence-corrected chi connectivity index (χ2v) is 7.88. The van der Waals surface area contributed by atoms with Gasteiger partial charge in [0.1, 0.15) is 10.7 Å². The number of benzene rings is 2. The minimum absolute atomic E-state index is 0.0528. The van der Waals surface area contributed by atoms with Crippen LogP contribution in [0.5, 0.6) is 0 Å². The van der Waals surface area contributed by atoms with Gasteiger partial charge < -0.3 is 4.74 Å². The molecule has 4 heterocycles. The van der Waals surface area contributed by atoms with Gasteiger partial charge in [-0.3, -0.25) is 4.98 Å². The Bertz CT molecular complexity index is 1150. The van der Waals surface area contributed by atoms with Crippen LogP contribution >= 0.6 is 23.2 Å². The third kappa shape index (κ3) is 1.49. The van der Waals surface area contributed by atoms with E-state index in [0.717, 1.165) is 28.1 Å². The van der Waals surface area contributed by atoms with Crippen LogP contribution in [0.2, 0.25) is 10.0 Å². The molecule has 0 aliphatic carbocycles. The molecule has 1 fully saturated rings. The van der Waals surface area contributed by atoms with Crippen molar-refractivity contribution in [3.05, 3.63) is 87.7 Å². The topological polar surface area (TPSA) is 39.2 Å². The van der Waals surface area contributed by atoms with Gasteiger partial charge in [0, 0.05) is 30.1 Å². The van der Waals surface area contributed by atoms with E-state index in [-0.39, 0.29) is 10.4 Å². The summed E-state index contributed by atoms with van der Waals surface area (Å²) in [4.78, 5) is 17.9. The zero-order valence-electron chi connectivity index (χ0n) is 14.0. The van der Waals surface area contributed by atoms with E-state index >= 15 is 0 Å². The molecule has 132 valence electrons. The molecule has 1 amide bonds. The van der Waals surface area contributed by atoms with Gasteiger partial charge in [-0.25, -0.2) is 4.79 Å². The summed E-state index contributed by atoms with van der Waals surface area (Å²) in [6.45, 7) is 0.438. The largest absolute Gasteiger partial charge is 0.344 e. The molecule has 3 unspecified atom stereocenters. The second kappa shape index (κ2) is 4.97. The predicted octanol–water partition coefficient (Wildman–Crippen LogP) is 5.05. The molecular formula is C21H13Cl2N2O2+. The molecule has 6 heteroatoms. The SMILES string of the molecule is O=C1C2c3ccc(Cl)c(Cl)c3[N+]1(c1ccccc1)C21OCc2ccncc21. The second-order valence-electron chi connectivity index (χ2n) is 7.09. The van der Waals surface area contributed by atoms with Crippen LogP contribution in [0, 0.1) is 0 Å². The Labute approximate surface area is 165 Å². The number of para-hydroxylation sites is 1. The van der Waals surface area contributed by atoms with E-state index in [1.807, 2.05) is 48.7 Å². The van der Waals surface area contributed by atoms with Gasteiger partial charge in [-0.15, -0.1) is 0 Å². The first-order chi connectivity index (χ1) is 13.1. The van der Waals surface area contributed by atoms with Crippen molar-refractivity contribution >= 4 is 40.5 Å². The van der Waals surface area contributed by atoms with Gasteiger partial charge >= 0.3 is 5.91 Å². The average molecular weight is 396 g/mol. The van der Waals surface area contributed by atoms with E-state index in [9.17, 15) is 4.79 Å². The van der Waals surface area contributed by atoms with Gasteiger partial charge in [-0.1, -0.05) is 47.5 Å². The summed E-state index contributed by atoms with van der Waals surface area (Å²) in [6, 6.07) is 15.3. The van der Waals surface area contributed by atoms with Crippen molar-refractivity contribution in [1.82, 2.24) is 9.47 Å². The monoisotopic (exact) mass is 395 g/mol. The molecular weight excluding hydrogens is 383 g/mol. The highest BCUT2D eigenvalue weighted by molar-refractivity contribution is 6.45. The molecule has 3 atom stereocenters. The molecule has 1 spiro atoms. The van der Waals surface area contributed by atoms with Crippen LogP contribution in [0.4, 0.5) is 11.4 Å². The summed E-state index contributed by atoms with van der Waals surface area (Å²) >= 11 is 13.0. The summed E-state index contributed by atoms with van der Waals surface area (Å²) in [5.74, 6) is -0.370. The van der Waals surface area contributed by atoms with Crippen molar-refractivity contribution in [3.8, 4) is 0 Å². The van der Waals surface area contributed by atoms with Gasteiger partial charge in [-0.05, 0) is 17.7 Å². The Morgan fingerprint density at radius 1 is 1.11 bits per heavy atom. The Morgan fingerprint density at radius 2 is 1.93 bits per heavy atom. The number of fused-ring (bicyclic) bond motifs is 4. The van der Waals surface area contributed by atoms with Gasteiger partial charge in [0.15, 0.2) is 11.6 Å². The highest BCUT2D eigenvalue weighted by atomic mass is 35.5. The van der Waals surface area contributed by atoms with E-state index in [1.54, 1.807) is 12.3 Å². The van der Waals surface area contributed by atoms with Crippen molar-refractivity contribution in [2.24, 2.45) is 0 Å². The molecule has 4 nitrogen and oxygen atoms in total. The van der Waals surface area contributed by atoms with Crippen molar-refractivity contribution in [3.63, 3.8) is 0 Å². The third-order valence-corrected chi connectivity index (χ3v) is 6.90. The molecule has 0 radical (unpaired) electrons. The zero-order valence-corrected chi connectivity index (χ0v) is 15.5. The zero-order chi connectivity index (χ0) is 18.4. The maximum absolute atomic E-state index is 13.6. The standard InChI is InChI=1S/C21H13Cl2N2O2/c22-16-7-6-14-17-20(26)25(19(14)18(16)23,13-4-2-1-3-5-13)21(17)15-10-24-9-8-12(15)11-27-21/h1-10,17H,11H2/q+1. The van der Waals surface area contributed by atoms with Crippen LogP contribution < -0.4 is 4.48 Å². The Morgan fingerprint density at radius 3 is 2.74 bits per heavy atom. The molecule has 3 aliphatic heterocycles. The van der Waals surface area contributed by atoms with E-state index < -0.39 is 11.6 Å². The number of hydrogen-bond donors (Lipinski definition) is 0. The molecule has 1 saturated heterocycles. The molecule has 2 bridgehead atoms.